The van der Waals surface area contributed by atoms with E-state index in [1.54, 1.807) is 0 Å². The number of amides is 1. The number of fused-ring (bicyclic) bond motifs is 1. The molecule has 0 aliphatic carbocycles. The molecule has 84 valence electrons. The summed E-state index contributed by atoms with van der Waals surface area (Å²) >= 11 is 0. The van der Waals surface area contributed by atoms with E-state index in [4.69, 9.17) is 0 Å². The average molecular weight is 218 g/mol. The molecule has 0 fully saturated rings. The van der Waals surface area contributed by atoms with Gasteiger partial charge < -0.3 is 5.32 Å². The zero-order valence-electron chi connectivity index (χ0n) is 9.56. The van der Waals surface area contributed by atoms with Crippen molar-refractivity contribution < 1.29 is 4.79 Å². The summed E-state index contributed by atoms with van der Waals surface area (Å²) in [5, 5.41) is 11.0. The summed E-state index contributed by atoms with van der Waals surface area (Å²) in [6, 6.07) is 3.92. The number of rotatable bonds is 3. The summed E-state index contributed by atoms with van der Waals surface area (Å²) in [5.41, 5.74) is 1.34. The molecule has 2 aromatic rings. The van der Waals surface area contributed by atoms with Gasteiger partial charge >= 0.3 is 0 Å². The standard InChI is InChI=1S/C11H14N4O/c1-8-5-4-6-15-9(8)13-14-10(15)11(2,3)12-7-16/h4-7H,1-3H3,(H,12,16). The van der Waals surface area contributed by atoms with Crippen LogP contribution in [-0.2, 0) is 10.3 Å². The zero-order valence-corrected chi connectivity index (χ0v) is 9.56. The Morgan fingerprint density at radius 1 is 1.44 bits per heavy atom. The van der Waals surface area contributed by atoms with Gasteiger partial charge in [-0.2, -0.15) is 0 Å². The van der Waals surface area contributed by atoms with Crippen LogP contribution < -0.4 is 5.32 Å². The molecule has 1 amide bonds. The Bertz CT molecular complexity index is 530. The Balaban J connectivity index is 2.62. The van der Waals surface area contributed by atoms with Crippen LogP contribution in [-0.4, -0.2) is 21.0 Å². The van der Waals surface area contributed by atoms with E-state index >= 15 is 0 Å². The van der Waals surface area contributed by atoms with Crippen molar-refractivity contribution in [3.63, 3.8) is 0 Å². The Hall–Kier alpha value is -1.91. The highest BCUT2D eigenvalue weighted by atomic mass is 16.1. The van der Waals surface area contributed by atoms with Crippen molar-refractivity contribution >= 4 is 12.1 Å². The van der Waals surface area contributed by atoms with Crippen LogP contribution in [0.5, 0.6) is 0 Å². The molecule has 0 radical (unpaired) electrons. The van der Waals surface area contributed by atoms with Crippen molar-refractivity contribution in [1.29, 1.82) is 0 Å². The molecule has 0 spiro atoms. The molecule has 2 heterocycles. The smallest absolute Gasteiger partial charge is 0.207 e. The number of aryl methyl sites for hydroxylation is 1. The highest BCUT2D eigenvalue weighted by Gasteiger charge is 2.25. The number of aromatic nitrogens is 3. The lowest BCUT2D eigenvalue weighted by Gasteiger charge is -2.21. The fraction of sp³-hybridized carbons (Fsp3) is 0.364. The molecule has 0 saturated heterocycles. The van der Waals surface area contributed by atoms with Crippen molar-refractivity contribution in [2.75, 3.05) is 0 Å². The summed E-state index contributed by atoms with van der Waals surface area (Å²) in [7, 11) is 0. The van der Waals surface area contributed by atoms with Gasteiger partial charge in [0, 0.05) is 6.20 Å². The van der Waals surface area contributed by atoms with Gasteiger partial charge in [-0.1, -0.05) is 6.07 Å². The van der Waals surface area contributed by atoms with Gasteiger partial charge in [-0.25, -0.2) is 0 Å². The first-order valence-electron chi connectivity index (χ1n) is 5.08. The number of hydrogen-bond acceptors (Lipinski definition) is 3. The van der Waals surface area contributed by atoms with Gasteiger partial charge in [0.25, 0.3) is 0 Å². The topological polar surface area (TPSA) is 59.3 Å². The Kier molecular flexibility index (Phi) is 2.38. The number of nitrogens with zero attached hydrogens (tertiary/aromatic N) is 3. The second-order valence-corrected chi connectivity index (χ2v) is 4.30. The van der Waals surface area contributed by atoms with Gasteiger partial charge in [-0.05, 0) is 32.4 Å². The summed E-state index contributed by atoms with van der Waals surface area (Å²) in [6.07, 6.45) is 2.57. The van der Waals surface area contributed by atoms with Crippen LogP contribution >= 0.6 is 0 Å². The number of carbonyl (C=O) groups is 1. The van der Waals surface area contributed by atoms with Crippen molar-refractivity contribution in [3.8, 4) is 0 Å². The highest BCUT2D eigenvalue weighted by molar-refractivity contribution is 5.50. The van der Waals surface area contributed by atoms with Gasteiger partial charge in [0.15, 0.2) is 11.5 Å². The minimum Gasteiger partial charge on any atom is -0.346 e. The predicted molar refractivity (Wildman–Crippen MR) is 59.9 cm³/mol. The van der Waals surface area contributed by atoms with E-state index in [9.17, 15) is 4.79 Å². The van der Waals surface area contributed by atoms with Crippen LogP contribution in [0.1, 0.15) is 25.2 Å². The van der Waals surface area contributed by atoms with Gasteiger partial charge in [0.05, 0.1) is 5.54 Å². The molecule has 1 N–H and O–H groups in total. The minimum atomic E-state index is -0.533. The van der Waals surface area contributed by atoms with Gasteiger partial charge in [0.2, 0.25) is 6.41 Å². The molecule has 0 atom stereocenters. The van der Waals surface area contributed by atoms with E-state index < -0.39 is 5.54 Å². The lowest BCUT2D eigenvalue weighted by Crippen LogP contribution is -2.37. The van der Waals surface area contributed by atoms with Crippen LogP contribution in [0.15, 0.2) is 18.3 Å². The molecule has 0 saturated carbocycles. The van der Waals surface area contributed by atoms with Crippen molar-refractivity contribution in [3.05, 3.63) is 29.7 Å². The summed E-state index contributed by atoms with van der Waals surface area (Å²) < 4.78 is 1.89. The third-order valence-electron chi connectivity index (χ3n) is 2.61. The van der Waals surface area contributed by atoms with Crippen LogP contribution in [0, 0.1) is 6.92 Å². The maximum Gasteiger partial charge on any atom is 0.207 e. The Morgan fingerprint density at radius 3 is 2.88 bits per heavy atom. The Morgan fingerprint density at radius 2 is 2.19 bits per heavy atom. The third kappa shape index (κ3) is 1.54. The quantitative estimate of drug-likeness (QED) is 0.782. The van der Waals surface area contributed by atoms with Crippen molar-refractivity contribution in [2.24, 2.45) is 0 Å². The fourth-order valence-electron chi connectivity index (χ4n) is 1.69. The lowest BCUT2D eigenvalue weighted by molar-refractivity contribution is -0.111. The first-order valence-corrected chi connectivity index (χ1v) is 5.08. The average Bonchev–Trinajstić information content (AvgIpc) is 2.63. The predicted octanol–water partition coefficient (Wildman–Crippen LogP) is 1.02. The molecule has 2 rings (SSSR count). The van der Waals surface area contributed by atoms with Crippen molar-refractivity contribution in [2.45, 2.75) is 26.3 Å². The molecular formula is C11H14N4O. The maximum absolute atomic E-state index is 10.6. The second kappa shape index (κ2) is 3.59. The normalized spacial score (nSPS) is 11.7. The minimum absolute atomic E-state index is 0.533. The SMILES string of the molecule is Cc1cccn2c(C(C)(C)NC=O)nnc12. The molecule has 0 unspecified atom stereocenters. The first-order chi connectivity index (χ1) is 7.56. The van der Waals surface area contributed by atoms with Crippen LogP contribution in [0.4, 0.5) is 0 Å². The molecule has 5 nitrogen and oxygen atoms in total. The maximum atomic E-state index is 10.6. The van der Waals surface area contributed by atoms with Gasteiger partial charge in [0.1, 0.15) is 0 Å². The molecule has 2 aromatic heterocycles. The van der Waals surface area contributed by atoms with E-state index in [1.807, 2.05) is 43.5 Å². The van der Waals surface area contributed by atoms with E-state index in [0.717, 1.165) is 17.0 Å². The van der Waals surface area contributed by atoms with E-state index in [1.165, 1.54) is 0 Å². The molecule has 16 heavy (non-hydrogen) atoms. The molecule has 5 heteroatoms. The zero-order chi connectivity index (χ0) is 11.8. The monoisotopic (exact) mass is 218 g/mol. The van der Waals surface area contributed by atoms with Crippen LogP contribution in [0.25, 0.3) is 5.65 Å². The largest absolute Gasteiger partial charge is 0.346 e. The molecule has 0 aliphatic rings. The Labute approximate surface area is 93.5 Å². The molecule has 0 aliphatic heterocycles. The number of hydrogen-bond donors (Lipinski definition) is 1. The summed E-state index contributed by atoms with van der Waals surface area (Å²) in [4.78, 5) is 10.6. The van der Waals surface area contributed by atoms with E-state index in [2.05, 4.69) is 15.5 Å². The number of carbonyl (C=O) groups excluding carboxylic acids is 1. The van der Waals surface area contributed by atoms with Gasteiger partial charge in [-0.15, -0.1) is 10.2 Å². The summed E-state index contributed by atoms with van der Waals surface area (Å²) in [5.74, 6) is 0.721. The highest BCUT2D eigenvalue weighted by Crippen LogP contribution is 2.19. The van der Waals surface area contributed by atoms with E-state index in [-0.39, 0.29) is 0 Å². The molecular weight excluding hydrogens is 204 g/mol. The second-order valence-electron chi connectivity index (χ2n) is 4.30. The van der Waals surface area contributed by atoms with Crippen LogP contribution in [0.2, 0.25) is 0 Å². The van der Waals surface area contributed by atoms with Crippen LogP contribution in [0.3, 0.4) is 0 Å². The number of nitrogens with one attached hydrogen (secondary N) is 1. The van der Waals surface area contributed by atoms with Crippen molar-refractivity contribution in [1.82, 2.24) is 19.9 Å². The fourth-order valence-corrected chi connectivity index (χ4v) is 1.69. The lowest BCUT2D eigenvalue weighted by atomic mass is 10.1. The number of pyridine rings is 1. The van der Waals surface area contributed by atoms with Gasteiger partial charge in [-0.3, -0.25) is 9.20 Å². The molecule has 0 aromatic carbocycles. The first kappa shape index (κ1) is 10.6. The van der Waals surface area contributed by atoms with E-state index in [0.29, 0.717) is 6.41 Å². The third-order valence-corrected chi connectivity index (χ3v) is 2.61. The summed E-state index contributed by atoms with van der Waals surface area (Å²) in [6.45, 7) is 5.76. The molecule has 0 bridgehead atoms.